The zero-order valence-electron chi connectivity index (χ0n) is 16.2. The van der Waals surface area contributed by atoms with E-state index in [2.05, 4.69) is 5.32 Å². The number of rotatable bonds is 1. The number of carbonyl (C=O) groups is 2. The van der Waals surface area contributed by atoms with Gasteiger partial charge in [-0.05, 0) is 31.0 Å². The summed E-state index contributed by atoms with van der Waals surface area (Å²) in [7, 11) is 0. The number of para-hydroxylation sites is 1. The van der Waals surface area contributed by atoms with Crippen LogP contribution in [0.25, 0.3) is 0 Å². The maximum absolute atomic E-state index is 14.8. The molecule has 3 aliphatic rings. The second-order valence-corrected chi connectivity index (χ2v) is 7.65. The second kappa shape index (κ2) is 6.51. The summed E-state index contributed by atoms with van der Waals surface area (Å²) >= 11 is 0. The topological polar surface area (TPSA) is 99.2 Å². The minimum Gasteiger partial charge on any atom is -0.384 e. The highest BCUT2D eigenvalue weighted by Gasteiger charge is 2.60. The van der Waals surface area contributed by atoms with Gasteiger partial charge in [0, 0.05) is 35.0 Å². The van der Waals surface area contributed by atoms with Crippen molar-refractivity contribution < 1.29 is 18.4 Å². The summed E-state index contributed by atoms with van der Waals surface area (Å²) in [6, 6.07) is 11.8. The van der Waals surface area contributed by atoms with Crippen LogP contribution in [-0.4, -0.2) is 11.7 Å². The molecule has 1 aliphatic carbocycles. The van der Waals surface area contributed by atoms with Crippen LogP contribution in [0, 0.1) is 23.0 Å². The Kier molecular flexibility index (Phi) is 3.99. The van der Waals surface area contributed by atoms with Crippen molar-refractivity contribution >= 4 is 23.1 Å². The number of ketones is 1. The summed E-state index contributed by atoms with van der Waals surface area (Å²) in [6.45, 7) is 0. The predicted octanol–water partition coefficient (Wildman–Crippen LogP) is 3.38. The van der Waals surface area contributed by atoms with E-state index in [1.165, 1.54) is 11.0 Å². The van der Waals surface area contributed by atoms with Crippen LogP contribution in [-0.2, 0) is 15.0 Å². The van der Waals surface area contributed by atoms with Crippen LogP contribution in [0.4, 0.5) is 20.2 Å². The Bertz CT molecular complexity index is 1290. The second-order valence-electron chi connectivity index (χ2n) is 7.65. The maximum Gasteiger partial charge on any atom is 0.245 e. The number of hydrogen-bond donors (Lipinski definition) is 2. The first-order valence-electron chi connectivity index (χ1n) is 9.74. The average molecular weight is 418 g/mol. The van der Waals surface area contributed by atoms with Gasteiger partial charge in [-0.3, -0.25) is 14.5 Å². The predicted molar refractivity (Wildman–Crippen MR) is 108 cm³/mol. The molecule has 0 saturated heterocycles. The zero-order valence-corrected chi connectivity index (χ0v) is 16.2. The van der Waals surface area contributed by atoms with Crippen LogP contribution in [0.1, 0.15) is 24.8 Å². The lowest BCUT2D eigenvalue weighted by Crippen LogP contribution is -2.50. The summed E-state index contributed by atoms with van der Waals surface area (Å²) in [5.74, 6) is -2.67. The van der Waals surface area contributed by atoms with Crippen molar-refractivity contribution in [2.45, 2.75) is 24.7 Å². The number of carbonyl (C=O) groups excluding carboxylic acids is 2. The maximum atomic E-state index is 14.8. The third-order valence-corrected chi connectivity index (χ3v) is 6.08. The lowest BCUT2D eigenvalue weighted by atomic mass is 9.64. The molecule has 2 aromatic carbocycles. The lowest BCUT2D eigenvalue weighted by Gasteiger charge is -2.43. The van der Waals surface area contributed by atoms with E-state index < -0.39 is 23.0 Å². The van der Waals surface area contributed by atoms with E-state index in [4.69, 9.17) is 5.73 Å². The molecule has 3 N–H and O–H groups in total. The zero-order chi connectivity index (χ0) is 21.9. The van der Waals surface area contributed by atoms with E-state index in [0.717, 1.165) is 6.07 Å². The molecule has 6 nitrogen and oxygen atoms in total. The molecule has 0 bridgehead atoms. The van der Waals surface area contributed by atoms with Gasteiger partial charge < -0.3 is 11.1 Å². The number of nitrogens with two attached hydrogens (primary N) is 1. The normalized spacial score (nSPS) is 22.4. The number of allylic oxidation sites excluding steroid dienone is 1. The van der Waals surface area contributed by atoms with Gasteiger partial charge in [-0.2, -0.15) is 5.26 Å². The molecule has 1 spiro atoms. The number of nitrogens with one attached hydrogen (secondary N) is 1. The molecule has 1 amide bonds. The van der Waals surface area contributed by atoms with E-state index in [0.29, 0.717) is 35.9 Å². The molecule has 31 heavy (non-hydrogen) atoms. The molecular weight excluding hydrogens is 402 g/mol. The molecule has 2 heterocycles. The Hall–Kier alpha value is -3.99. The lowest BCUT2D eigenvalue weighted by molar-refractivity contribution is -0.122. The van der Waals surface area contributed by atoms with Crippen LogP contribution in [0.3, 0.4) is 0 Å². The average Bonchev–Trinajstić information content (AvgIpc) is 3.02. The highest BCUT2D eigenvalue weighted by Crippen LogP contribution is 2.55. The highest BCUT2D eigenvalue weighted by atomic mass is 19.1. The molecule has 0 radical (unpaired) electrons. The van der Waals surface area contributed by atoms with Gasteiger partial charge in [-0.25, -0.2) is 8.78 Å². The van der Waals surface area contributed by atoms with Gasteiger partial charge in [0.2, 0.25) is 5.91 Å². The Labute approximate surface area is 176 Å². The molecule has 8 heteroatoms. The molecule has 2 aromatic rings. The minimum atomic E-state index is -1.70. The van der Waals surface area contributed by atoms with E-state index in [1.807, 2.05) is 6.07 Å². The largest absolute Gasteiger partial charge is 0.384 e. The van der Waals surface area contributed by atoms with Crippen molar-refractivity contribution in [1.82, 2.24) is 0 Å². The van der Waals surface area contributed by atoms with Gasteiger partial charge in [0.25, 0.3) is 0 Å². The number of anilines is 2. The Balaban J connectivity index is 1.89. The number of halogens is 2. The van der Waals surface area contributed by atoms with Crippen molar-refractivity contribution in [2.24, 2.45) is 5.73 Å². The minimum absolute atomic E-state index is 0.0876. The summed E-state index contributed by atoms with van der Waals surface area (Å²) < 4.78 is 28.3. The Morgan fingerprint density at radius 2 is 1.90 bits per heavy atom. The van der Waals surface area contributed by atoms with Crippen LogP contribution >= 0.6 is 0 Å². The SMILES string of the molecule is N#CC1=C(N)N(c2ccc(F)cc2F)C2=C(C(=O)CCC2)[C@]12C(=O)Nc1ccccc12. The third kappa shape index (κ3) is 2.34. The number of Topliss-reactive ketones (excluding diaryl/α,β-unsaturated/α-hetero) is 1. The van der Waals surface area contributed by atoms with Crippen LogP contribution in [0.5, 0.6) is 0 Å². The number of hydrogen-bond acceptors (Lipinski definition) is 5. The smallest absolute Gasteiger partial charge is 0.245 e. The first-order valence-corrected chi connectivity index (χ1v) is 9.74. The molecule has 0 unspecified atom stereocenters. The number of fused-ring (bicyclic) bond motifs is 3. The fourth-order valence-electron chi connectivity index (χ4n) is 4.88. The molecule has 0 aromatic heterocycles. The molecule has 2 aliphatic heterocycles. The summed E-state index contributed by atoms with van der Waals surface area (Å²) in [6.07, 6.45) is 1.01. The fourth-order valence-corrected chi connectivity index (χ4v) is 4.88. The number of nitriles is 1. The van der Waals surface area contributed by atoms with Crippen molar-refractivity contribution in [1.29, 1.82) is 5.26 Å². The molecule has 0 fully saturated rings. The first-order chi connectivity index (χ1) is 14.9. The standard InChI is InChI=1S/C23H16F2N4O2/c24-12-8-9-17(15(25)10-12)29-18-6-3-7-19(30)20(18)23(14(11-26)21(29)27)13-4-1-2-5-16(13)28-22(23)31/h1-2,4-5,8-10H,3,6-7,27H2,(H,28,31)/t23-/m1/s1. The van der Waals surface area contributed by atoms with E-state index in [-0.39, 0.29) is 34.9 Å². The fraction of sp³-hybridized carbons (Fsp3) is 0.174. The summed E-state index contributed by atoms with van der Waals surface area (Å²) in [5.41, 5.74) is 5.87. The molecule has 0 saturated carbocycles. The van der Waals surface area contributed by atoms with Crippen LogP contribution < -0.4 is 16.0 Å². The molecular formula is C23H16F2N4O2. The highest BCUT2D eigenvalue weighted by molar-refractivity contribution is 6.19. The van der Waals surface area contributed by atoms with Crippen LogP contribution in [0.15, 0.2) is 65.1 Å². The third-order valence-electron chi connectivity index (χ3n) is 6.08. The van der Waals surface area contributed by atoms with E-state index >= 15 is 0 Å². The number of nitrogens with zero attached hydrogens (tertiary/aromatic N) is 2. The van der Waals surface area contributed by atoms with Gasteiger partial charge in [-0.15, -0.1) is 0 Å². The molecule has 154 valence electrons. The van der Waals surface area contributed by atoms with Crippen LogP contribution in [0.2, 0.25) is 0 Å². The Morgan fingerprint density at radius 3 is 2.65 bits per heavy atom. The summed E-state index contributed by atoms with van der Waals surface area (Å²) in [5, 5.41) is 12.9. The van der Waals surface area contributed by atoms with Crippen molar-refractivity contribution in [2.75, 3.05) is 10.2 Å². The number of amides is 1. The van der Waals surface area contributed by atoms with Crippen molar-refractivity contribution in [3.63, 3.8) is 0 Å². The quantitative estimate of drug-likeness (QED) is 0.740. The summed E-state index contributed by atoms with van der Waals surface area (Å²) in [4.78, 5) is 27.9. The Morgan fingerprint density at radius 1 is 1.13 bits per heavy atom. The first kappa shape index (κ1) is 19.0. The monoisotopic (exact) mass is 418 g/mol. The molecule has 1 atom stereocenters. The van der Waals surface area contributed by atoms with Gasteiger partial charge in [0.15, 0.2) is 5.78 Å². The molecule has 5 rings (SSSR count). The van der Waals surface area contributed by atoms with Gasteiger partial charge in [0.05, 0.1) is 11.3 Å². The van der Waals surface area contributed by atoms with Crippen molar-refractivity contribution in [3.05, 3.63) is 82.3 Å². The van der Waals surface area contributed by atoms with Gasteiger partial charge in [-0.1, -0.05) is 18.2 Å². The van der Waals surface area contributed by atoms with E-state index in [9.17, 15) is 23.6 Å². The van der Waals surface area contributed by atoms with E-state index in [1.54, 1.807) is 24.3 Å². The van der Waals surface area contributed by atoms with Gasteiger partial charge >= 0.3 is 0 Å². The van der Waals surface area contributed by atoms with Crippen molar-refractivity contribution in [3.8, 4) is 6.07 Å². The number of benzene rings is 2. The van der Waals surface area contributed by atoms with Gasteiger partial charge in [0.1, 0.15) is 28.9 Å².